The first kappa shape index (κ1) is 4.30. The van der Waals surface area contributed by atoms with Crippen LogP contribution in [0.4, 0.5) is 0 Å². The van der Waals surface area contributed by atoms with Crippen LogP contribution in [0.1, 0.15) is 6.42 Å². The van der Waals surface area contributed by atoms with Crippen molar-refractivity contribution in [1.29, 1.82) is 0 Å². The molecular formula is C4H5NO2. The van der Waals surface area contributed by atoms with Crippen LogP contribution in [0.3, 0.4) is 0 Å². The van der Waals surface area contributed by atoms with Gasteiger partial charge in [-0.1, -0.05) is 5.16 Å². The Morgan fingerprint density at radius 3 is 3.00 bits per heavy atom. The van der Waals surface area contributed by atoms with Crippen molar-refractivity contribution >= 4 is 12.0 Å². The second kappa shape index (κ2) is 1.73. The topological polar surface area (TPSA) is 38.7 Å². The number of rotatable bonds is 0. The predicted molar refractivity (Wildman–Crippen MR) is 24.1 cm³/mol. The van der Waals surface area contributed by atoms with E-state index < -0.39 is 0 Å². The molecule has 3 heteroatoms. The lowest BCUT2D eigenvalue weighted by Crippen LogP contribution is -2.10. The van der Waals surface area contributed by atoms with Gasteiger partial charge < -0.3 is 4.84 Å². The summed E-state index contributed by atoms with van der Waals surface area (Å²) in [5.41, 5.74) is 0. The summed E-state index contributed by atoms with van der Waals surface area (Å²) in [6.45, 7) is 0.149. The van der Waals surface area contributed by atoms with Crippen LogP contribution in [0.25, 0.3) is 0 Å². The van der Waals surface area contributed by atoms with Gasteiger partial charge in [0.25, 0.3) is 0 Å². The standard InChI is InChI=1S/C4H5NO2/c6-4-1-2-5-7-3-4/h2H,1,3H2. The van der Waals surface area contributed by atoms with Gasteiger partial charge in [0.2, 0.25) is 0 Å². The van der Waals surface area contributed by atoms with E-state index in [1.807, 2.05) is 0 Å². The molecule has 0 saturated carbocycles. The van der Waals surface area contributed by atoms with Crippen molar-refractivity contribution in [3.63, 3.8) is 0 Å². The molecule has 0 radical (unpaired) electrons. The van der Waals surface area contributed by atoms with Gasteiger partial charge in [0, 0.05) is 6.42 Å². The number of carbonyl (C=O) groups excluding carboxylic acids is 1. The molecule has 0 fully saturated rings. The molecule has 0 atom stereocenters. The summed E-state index contributed by atoms with van der Waals surface area (Å²) in [4.78, 5) is 14.6. The van der Waals surface area contributed by atoms with Gasteiger partial charge in [-0.05, 0) is 0 Å². The van der Waals surface area contributed by atoms with Gasteiger partial charge in [0.15, 0.2) is 12.4 Å². The molecule has 1 heterocycles. The molecule has 0 amide bonds. The number of nitrogens with zero attached hydrogens (tertiary/aromatic N) is 1. The van der Waals surface area contributed by atoms with E-state index in [0.29, 0.717) is 6.42 Å². The summed E-state index contributed by atoms with van der Waals surface area (Å²) in [6.07, 6.45) is 1.89. The Bertz CT molecular complexity index is 108. The van der Waals surface area contributed by atoms with E-state index in [9.17, 15) is 4.79 Å². The summed E-state index contributed by atoms with van der Waals surface area (Å²) >= 11 is 0. The van der Waals surface area contributed by atoms with E-state index in [0.717, 1.165) is 0 Å². The molecule has 0 aromatic rings. The molecule has 7 heavy (non-hydrogen) atoms. The average molecular weight is 99.1 g/mol. The maximum atomic E-state index is 10.2. The van der Waals surface area contributed by atoms with E-state index in [4.69, 9.17) is 0 Å². The molecule has 0 aromatic carbocycles. The molecule has 0 bridgehead atoms. The molecule has 0 unspecified atom stereocenters. The van der Waals surface area contributed by atoms with Crippen molar-refractivity contribution in [3.05, 3.63) is 0 Å². The van der Waals surface area contributed by atoms with E-state index in [1.165, 1.54) is 6.21 Å². The molecular weight excluding hydrogens is 94.0 g/mol. The fourth-order valence-corrected chi connectivity index (χ4v) is 0.360. The highest BCUT2D eigenvalue weighted by Gasteiger charge is 2.02. The van der Waals surface area contributed by atoms with Crippen LogP contribution in [-0.4, -0.2) is 18.6 Å². The van der Waals surface area contributed by atoms with Crippen molar-refractivity contribution < 1.29 is 9.63 Å². The fourth-order valence-electron chi connectivity index (χ4n) is 0.360. The highest BCUT2D eigenvalue weighted by Crippen LogP contribution is 1.88. The zero-order valence-electron chi connectivity index (χ0n) is 3.76. The number of hydrogen-bond donors (Lipinski definition) is 0. The Balaban J connectivity index is 2.47. The van der Waals surface area contributed by atoms with Gasteiger partial charge in [-0.25, -0.2) is 0 Å². The van der Waals surface area contributed by atoms with Crippen LogP contribution < -0.4 is 0 Å². The molecule has 0 aromatic heterocycles. The zero-order valence-corrected chi connectivity index (χ0v) is 3.76. The first-order chi connectivity index (χ1) is 3.39. The summed E-state index contributed by atoms with van der Waals surface area (Å²) < 4.78 is 0. The van der Waals surface area contributed by atoms with Crippen LogP contribution in [0.2, 0.25) is 0 Å². The van der Waals surface area contributed by atoms with E-state index in [-0.39, 0.29) is 12.4 Å². The average Bonchev–Trinajstić information content (AvgIpc) is 1.69. The smallest absolute Gasteiger partial charge is 0.178 e. The molecule has 0 spiro atoms. The van der Waals surface area contributed by atoms with Crippen molar-refractivity contribution in [3.8, 4) is 0 Å². The van der Waals surface area contributed by atoms with Gasteiger partial charge in [0.1, 0.15) is 0 Å². The Morgan fingerprint density at radius 2 is 2.71 bits per heavy atom. The minimum absolute atomic E-state index is 0.0926. The lowest BCUT2D eigenvalue weighted by molar-refractivity contribution is -0.123. The van der Waals surface area contributed by atoms with Crippen LogP contribution in [0, 0.1) is 0 Å². The second-order valence-corrected chi connectivity index (χ2v) is 1.30. The first-order valence-corrected chi connectivity index (χ1v) is 2.05. The predicted octanol–water partition coefficient (Wildman–Crippen LogP) is -0.0384. The molecule has 1 aliphatic heterocycles. The number of Topliss-reactive ketones (excluding diaryl/α,β-unsaturated/α-hetero) is 1. The quantitative estimate of drug-likeness (QED) is 0.427. The van der Waals surface area contributed by atoms with Crippen molar-refractivity contribution in [2.75, 3.05) is 6.61 Å². The van der Waals surface area contributed by atoms with Crippen LogP contribution in [0.5, 0.6) is 0 Å². The van der Waals surface area contributed by atoms with Gasteiger partial charge in [-0.2, -0.15) is 0 Å². The first-order valence-electron chi connectivity index (χ1n) is 2.05. The molecule has 0 aliphatic carbocycles. The summed E-state index contributed by atoms with van der Waals surface area (Å²) in [7, 11) is 0. The summed E-state index contributed by atoms with van der Waals surface area (Å²) in [6, 6.07) is 0. The monoisotopic (exact) mass is 99.0 g/mol. The Hall–Kier alpha value is -0.860. The SMILES string of the molecule is O=C1CC=NOC1. The van der Waals surface area contributed by atoms with Crippen molar-refractivity contribution in [2.24, 2.45) is 5.16 Å². The van der Waals surface area contributed by atoms with Gasteiger partial charge >= 0.3 is 0 Å². The Kier molecular flexibility index (Phi) is 1.06. The number of carbonyl (C=O) groups is 1. The number of ketones is 1. The lowest BCUT2D eigenvalue weighted by atomic mass is 10.3. The summed E-state index contributed by atoms with van der Waals surface area (Å²) in [5, 5.41) is 3.38. The molecule has 0 saturated heterocycles. The third-order valence-corrected chi connectivity index (χ3v) is 0.694. The third-order valence-electron chi connectivity index (χ3n) is 0.694. The maximum Gasteiger partial charge on any atom is 0.178 e. The van der Waals surface area contributed by atoms with Crippen LogP contribution >= 0.6 is 0 Å². The lowest BCUT2D eigenvalue weighted by Gasteiger charge is -1.99. The largest absolute Gasteiger partial charge is 0.388 e. The van der Waals surface area contributed by atoms with Gasteiger partial charge in [-0.3, -0.25) is 4.79 Å². The third kappa shape index (κ3) is 0.994. The van der Waals surface area contributed by atoms with Gasteiger partial charge in [0.05, 0.1) is 6.21 Å². The van der Waals surface area contributed by atoms with E-state index in [1.54, 1.807) is 0 Å². The Morgan fingerprint density at radius 1 is 1.86 bits per heavy atom. The number of hydrogen-bond acceptors (Lipinski definition) is 3. The van der Waals surface area contributed by atoms with E-state index >= 15 is 0 Å². The molecule has 1 aliphatic rings. The normalized spacial score (nSPS) is 19.1. The highest BCUT2D eigenvalue weighted by atomic mass is 16.6. The Labute approximate surface area is 41.0 Å². The number of oxime groups is 1. The molecule has 38 valence electrons. The van der Waals surface area contributed by atoms with Gasteiger partial charge in [-0.15, -0.1) is 0 Å². The second-order valence-electron chi connectivity index (χ2n) is 1.30. The van der Waals surface area contributed by atoms with E-state index in [2.05, 4.69) is 9.99 Å². The summed E-state index contributed by atoms with van der Waals surface area (Å²) in [5.74, 6) is 0.0926. The minimum Gasteiger partial charge on any atom is -0.388 e. The highest BCUT2D eigenvalue weighted by molar-refractivity contribution is 5.93. The fraction of sp³-hybridized carbons (Fsp3) is 0.500. The molecule has 1 rings (SSSR count). The van der Waals surface area contributed by atoms with Crippen molar-refractivity contribution in [1.82, 2.24) is 0 Å². The van der Waals surface area contributed by atoms with Crippen molar-refractivity contribution in [2.45, 2.75) is 6.42 Å². The van der Waals surface area contributed by atoms with Crippen LogP contribution in [-0.2, 0) is 9.63 Å². The minimum atomic E-state index is 0.0926. The van der Waals surface area contributed by atoms with Crippen LogP contribution in [0.15, 0.2) is 5.16 Å². The zero-order chi connectivity index (χ0) is 5.11. The maximum absolute atomic E-state index is 10.2. The molecule has 0 N–H and O–H groups in total. The molecule has 3 nitrogen and oxygen atoms in total.